The average Bonchev–Trinajstić information content (AvgIpc) is 2.75. The van der Waals surface area contributed by atoms with Crippen LogP contribution < -0.4 is 5.32 Å². The molecule has 0 atom stereocenters. The van der Waals surface area contributed by atoms with Gasteiger partial charge in [-0.1, -0.05) is 20.8 Å². The van der Waals surface area contributed by atoms with Gasteiger partial charge in [0.1, 0.15) is 5.82 Å². The van der Waals surface area contributed by atoms with Crippen LogP contribution >= 0.6 is 0 Å². The van der Waals surface area contributed by atoms with Crippen LogP contribution in [0.5, 0.6) is 0 Å². The van der Waals surface area contributed by atoms with E-state index in [4.69, 9.17) is 0 Å². The Hall–Kier alpha value is -0.830. The summed E-state index contributed by atoms with van der Waals surface area (Å²) in [4.78, 5) is 8.03. The van der Waals surface area contributed by atoms with Gasteiger partial charge in [-0.2, -0.15) is 0 Å². The fourth-order valence-corrected chi connectivity index (χ4v) is 1.96. The molecule has 1 saturated carbocycles. The normalized spacial score (nSPS) is 19.2. The van der Waals surface area contributed by atoms with Crippen molar-refractivity contribution in [2.24, 2.45) is 0 Å². The highest BCUT2D eigenvalue weighted by molar-refractivity contribution is 5.23. The van der Waals surface area contributed by atoms with Crippen molar-refractivity contribution in [1.29, 1.82) is 0 Å². The van der Waals surface area contributed by atoms with E-state index in [1.54, 1.807) is 0 Å². The molecule has 3 heteroatoms. The lowest BCUT2D eigenvalue weighted by Crippen LogP contribution is -2.25. The Morgan fingerprint density at radius 1 is 1.47 bits per heavy atom. The molecule has 0 radical (unpaired) electrons. The van der Waals surface area contributed by atoms with Crippen LogP contribution in [0.1, 0.15) is 45.1 Å². The lowest BCUT2D eigenvalue weighted by Gasteiger charge is -2.16. The molecule has 0 aliphatic heterocycles. The maximum absolute atomic E-state index is 4.54. The van der Waals surface area contributed by atoms with Gasteiger partial charge in [-0.3, -0.25) is 0 Å². The van der Waals surface area contributed by atoms with Crippen LogP contribution in [0.15, 0.2) is 6.20 Å². The zero-order valence-corrected chi connectivity index (χ0v) is 10.1. The van der Waals surface area contributed by atoms with Gasteiger partial charge in [-0.25, -0.2) is 4.98 Å². The first-order chi connectivity index (χ1) is 6.98. The van der Waals surface area contributed by atoms with Crippen molar-refractivity contribution in [3.63, 3.8) is 0 Å². The van der Waals surface area contributed by atoms with E-state index >= 15 is 0 Å². The van der Waals surface area contributed by atoms with E-state index in [-0.39, 0.29) is 5.41 Å². The van der Waals surface area contributed by atoms with Gasteiger partial charge in [0, 0.05) is 29.3 Å². The summed E-state index contributed by atoms with van der Waals surface area (Å²) in [6.07, 6.45) is 4.50. The van der Waals surface area contributed by atoms with Crippen LogP contribution in [0.25, 0.3) is 0 Å². The van der Waals surface area contributed by atoms with Crippen molar-refractivity contribution in [1.82, 2.24) is 15.3 Å². The lowest BCUT2D eigenvalue weighted by molar-refractivity contribution is 0.557. The molecule has 2 rings (SSSR count). The molecule has 0 spiro atoms. The Balaban J connectivity index is 2.21. The maximum Gasteiger partial charge on any atom is 0.113 e. The van der Waals surface area contributed by atoms with Crippen LogP contribution in [0, 0.1) is 0 Å². The van der Waals surface area contributed by atoms with Gasteiger partial charge in [0.25, 0.3) is 0 Å². The molecule has 3 nitrogen and oxygen atoms in total. The topological polar surface area (TPSA) is 40.7 Å². The summed E-state index contributed by atoms with van der Waals surface area (Å²) >= 11 is 0. The summed E-state index contributed by atoms with van der Waals surface area (Å²) in [7, 11) is 2.01. The molecule has 15 heavy (non-hydrogen) atoms. The van der Waals surface area contributed by atoms with Gasteiger partial charge in [-0.05, 0) is 19.9 Å². The van der Waals surface area contributed by atoms with Crippen molar-refractivity contribution in [3.8, 4) is 0 Å². The molecular formula is C12H21N3. The second-order valence-electron chi connectivity index (χ2n) is 5.71. The minimum atomic E-state index is 0.168. The molecule has 84 valence electrons. The highest BCUT2D eigenvalue weighted by Gasteiger charge is 2.46. The number of hydrogen-bond donors (Lipinski definition) is 2. The predicted molar refractivity (Wildman–Crippen MR) is 62.1 cm³/mol. The minimum absolute atomic E-state index is 0.168. The second kappa shape index (κ2) is 3.34. The molecule has 2 N–H and O–H groups in total. The number of nitrogens with zero attached hydrogens (tertiary/aromatic N) is 1. The third kappa shape index (κ3) is 1.93. The number of imidazole rings is 1. The fraction of sp³-hybridized carbons (Fsp3) is 0.750. The largest absolute Gasteiger partial charge is 0.345 e. The number of hydrogen-bond acceptors (Lipinski definition) is 2. The van der Waals surface area contributed by atoms with Gasteiger partial charge in [0.15, 0.2) is 0 Å². The summed E-state index contributed by atoms with van der Waals surface area (Å²) in [5, 5.41) is 3.26. The van der Waals surface area contributed by atoms with Crippen molar-refractivity contribution in [3.05, 3.63) is 17.7 Å². The maximum atomic E-state index is 4.54. The monoisotopic (exact) mass is 207 g/mol. The summed E-state index contributed by atoms with van der Waals surface area (Å²) in [5.74, 6) is 1.17. The molecule has 0 saturated heterocycles. The molecule has 0 aromatic carbocycles. The van der Waals surface area contributed by atoms with Crippen molar-refractivity contribution >= 4 is 0 Å². The average molecular weight is 207 g/mol. The van der Waals surface area contributed by atoms with Crippen molar-refractivity contribution in [2.75, 3.05) is 13.6 Å². The highest BCUT2D eigenvalue weighted by Crippen LogP contribution is 2.46. The van der Waals surface area contributed by atoms with E-state index in [1.807, 2.05) is 13.2 Å². The lowest BCUT2D eigenvalue weighted by atomic mass is 9.93. The summed E-state index contributed by atoms with van der Waals surface area (Å²) in [5.41, 5.74) is 1.71. The van der Waals surface area contributed by atoms with Gasteiger partial charge < -0.3 is 10.3 Å². The first-order valence-electron chi connectivity index (χ1n) is 5.68. The van der Waals surface area contributed by atoms with Crippen molar-refractivity contribution in [2.45, 2.75) is 44.4 Å². The second-order valence-corrected chi connectivity index (χ2v) is 5.71. The van der Waals surface area contributed by atoms with Crippen LogP contribution in [0.4, 0.5) is 0 Å². The summed E-state index contributed by atoms with van der Waals surface area (Å²) in [6, 6.07) is 0. The minimum Gasteiger partial charge on any atom is -0.345 e. The third-order valence-electron chi connectivity index (χ3n) is 3.25. The van der Waals surface area contributed by atoms with Gasteiger partial charge in [0.05, 0.1) is 0 Å². The Morgan fingerprint density at radius 3 is 2.53 bits per heavy atom. The first-order valence-corrected chi connectivity index (χ1v) is 5.68. The van der Waals surface area contributed by atoms with Gasteiger partial charge >= 0.3 is 0 Å². The van der Waals surface area contributed by atoms with Gasteiger partial charge in [-0.15, -0.1) is 0 Å². The molecule has 1 aliphatic rings. The van der Waals surface area contributed by atoms with Crippen LogP contribution in [0.3, 0.4) is 0 Å². The highest BCUT2D eigenvalue weighted by atomic mass is 15.0. The summed E-state index contributed by atoms with van der Waals surface area (Å²) in [6.45, 7) is 7.66. The first kappa shape index (κ1) is 10.7. The quantitative estimate of drug-likeness (QED) is 0.795. The third-order valence-corrected chi connectivity index (χ3v) is 3.25. The number of likely N-dealkylation sites (N-methyl/N-ethyl adjacent to an activating group) is 1. The van der Waals surface area contributed by atoms with E-state index < -0.39 is 0 Å². The zero-order chi connectivity index (χ0) is 11.1. The Morgan fingerprint density at radius 2 is 2.13 bits per heavy atom. The fourth-order valence-electron chi connectivity index (χ4n) is 1.96. The number of nitrogens with one attached hydrogen (secondary N) is 2. The van der Waals surface area contributed by atoms with Crippen LogP contribution in [-0.4, -0.2) is 23.6 Å². The van der Waals surface area contributed by atoms with Crippen molar-refractivity contribution < 1.29 is 0 Å². The van der Waals surface area contributed by atoms with E-state index in [2.05, 4.69) is 36.1 Å². The SMILES string of the molecule is CNCC1(c2ncc(C(C)(C)C)[nH]2)CC1. The predicted octanol–water partition coefficient (Wildman–Crippen LogP) is 1.96. The molecule has 1 aromatic rings. The molecule has 1 fully saturated rings. The molecule has 1 heterocycles. The standard InChI is InChI=1S/C12H21N3/c1-11(2,3)9-7-14-10(15-9)12(5-6-12)8-13-4/h7,13H,5-6,8H2,1-4H3,(H,14,15). The van der Waals surface area contributed by atoms with Crippen LogP contribution in [-0.2, 0) is 10.8 Å². The molecule has 0 amide bonds. The van der Waals surface area contributed by atoms with E-state index in [0.717, 1.165) is 6.54 Å². The Bertz CT molecular complexity index is 342. The molecule has 0 unspecified atom stereocenters. The summed E-state index contributed by atoms with van der Waals surface area (Å²) < 4.78 is 0. The van der Waals surface area contributed by atoms with E-state index in [0.29, 0.717) is 5.41 Å². The smallest absolute Gasteiger partial charge is 0.113 e. The zero-order valence-electron chi connectivity index (χ0n) is 10.1. The Kier molecular flexibility index (Phi) is 2.38. The van der Waals surface area contributed by atoms with Crippen LogP contribution in [0.2, 0.25) is 0 Å². The molecule has 1 aromatic heterocycles. The number of H-pyrrole nitrogens is 1. The molecular weight excluding hydrogens is 186 g/mol. The van der Waals surface area contributed by atoms with Gasteiger partial charge in [0.2, 0.25) is 0 Å². The number of aromatic amines is 1. The van der Waals surface area contributed by atoms with E-state index in [1.165, 1.54) is 24.4 Å². The number of aromatic nitrogens is 2. The number of rotatable bonds is 3. The van der Waals surface area contributed by atoms with E-state index in [9.17, 15) is 0 Å². The molecule has 1 aliphatic carbocycles. The Labute approximate surface area is 91.7 Å². The molecule has 0 bridgehead atoms.